The maximum absolute atomic E-state index is 12.3. The molecule has 2 aromatic carbocycles. The highest BCUT2D eigenvalue weighted by Gasteiger charge is 2.16. The molecule has 9 heteroatoms. The number of carbonyl (C=O) groups excluding carboxylic acids is 1. The van der Waals surface area contributed by atoms with Crippen LogP contribution < -0.4 is 5.32 Å². The van der Waals surface area contributed by atoms with E-state index in [0.717, 1.165) is 21.8 Å². The molecule has 0 aliphatic carbocycles. The van der Waals surface area contributed by atoms with Crippen LogP contribution in [0, 0.1) is 10.1 Å². The number of nitro benzene ring substituents is 1. The topological polar surface area (TPSA) is 85.1 Å². The summed E-state index contributed by atoms with van der Waals surface area (Å²) in [5.41, 5.74) is 1.62. The van der Waals surface area contributed by atoms with Crippen molar-refractivity contribution in [3.8, 4) is 11.3 Å². The molecule has 0 spiro atoms. The number of nitrogens with zero attached hydrogens (tertiary/aromatic N) is 2. The highest BCUT2D eigenvalue weighted by atomic mass is 79.9. The zero-order valence-corrected chi connectivity index (χ0v) is 15.6. The van der Waals surface area contributed by atoms with Crippen LogP contribution in [0.15, 0.2) is 52.3 Å². The van der Waals surface area contributed by atoms with Crippen molar-refractivity contribution in [1.29, 1.82) is 0 Å². The molecular weight excluding hydrogens is 430 g/mol. The van der Waals surface area contributed by atoms with E-state index in [1.807, 2.05) is 29.6 Å². The van der Waals surface area contributed by atoms with Crippen molar-refractivity contribution >= 4 is 55.6 Å². The van der Waals surface area contributed by atoms with Gasteiger partial charge in [0.05, 0.1) is 21.2 Å². The molecule has 0 atom stereocenters. The largest absolute Gasteiger partial charge is 0.298 e. The van der Waals surface area contributed by atoms with Gasteiger partial charge in [0.2, 0.25) is 0 Å². The Hall–Kier alpha value is -2.29. The van der Waals surface area contributed by atoms with Crippen molar-refractivity contribution in [2.24, 2.45) is 0 Å². The number of thiazole rings is 1. The molecule has 0 saturated carbocycles. The SMILES string of the molecule is O=C(Nc1nc(-c2cccc(Br)c2)cs1)c1ccc([N+](=O)[O-])cc1Cl. The van der Waals surface area contributed by atoms with E-state index in [2.05, 4.69) is 26.2 Å². The van der Waals surface area contributed by atoms with Gasteiger partial charge in [0, 0.05) is 27.5 Å². The van der Waals surface area contributed by atoms with Crippen LogP contribution in [-0.2, 0) is 0 Å². The second kappa shape index (κ2) is 7.30. The smallest absolute Gasteiger partial charge is 0.270 e. The summed E-state index contributed by atoms with van der Waals surface area (Å²) in [4.78, 5) is 26.8. The first-order valence-electron chi connectivity index (χ1n) is 6.91. The number of non-ortho nitro benzene ring substituents is 1. The number of anilines is 1. The molecule has 0 saturated heterocycles. The summed E-state index contributed by atoms with van der Waals surface area (Å²) in [6, 6.07) is 11.3. The molecule has 0 bridgehead atoms. The number of aromatic nitrogens is 1. The number of halogens is 2. The van der Waals surface area contributed by atoms with Crippen molar-refractivity contribution in [2.45, 2.75) is 0 Å². The average Bonchev–Trinajstić information content (AvgIpc) is 3.03. The fourth-order valence-electron chi connectivity index (χ4n) is 2.08. The quantitative estimate of drug-likeness (QED) is 0.437. The Labute approximate surface area is 159 Å². The third-order valence-corrected chi connectivity index (χ3v) is 4.82. The summed E-state index contributed by atoms with van der Waals surface area (Å²) in [7, 11) is 0. The monoisotopic (exact) mass is 437 g/mol. The number of hydrogen-bond donors (Lipinski definition) is 1. The standard InChI is InChI=1S/C16H9BrClN3O3S/c17-10-3-1-2-9(6-10)14-8-25-16(19-14)20-15(22)12-5-4-11(21(23)24)7-13(12)18/h1-8H,(H,19,20,22). The highest BCUT2D eigenvalue weighted by Crippen LogP contribution is 2.28. The summed E-state index contributed by atoms with van der Waals surface area (Å²) < 4.78 is 0.932. The molecule has 3 rings (SSSR count). The van der Waals surface area contributed by atoms with Crippen LogP contribution in [0.5, 0.6) is 0 Å². The van der Waals surface area contributed by atoms with Gasteiger partial charge in [-0.2, -0.15) is 0 Å². The fourth-order valence-corrected chi connectivity index (χ4v) is 3.45. The second-order valence-electron chi connectivity index (χ2n) is 4.92. The molecule has 1 amide bonds. The van der Waals surface area contributed by atoms with Gasteiger partial charge in [-0.25, -0.2) is 4.98 Å². The van der Waals surface area contributed by atoms with Gasteiger partial charge in [-0.1, -0.05) is 39.7 Å². The number of hydrogen-bond acceptors (Lipinski definition) is 5. The van der Waals surface area contributed by atoms with Crippen molar-refractivity contribution in [3.05, 3.63) is 73.0 Å². The molecule has 126 valence electrons. The minimum atomic E-state index is -0.571. The molecule has 0 fully saturated rings. The normalized spacial score (nSPS) is 10.5. The summed E-state index contributed by atoms with van der Waals surface area (Å²) in [6.07, 6.45) is 0. The molecule has 1 heterocycles. The number of benzene rings is 2. The molecule has 25 heavy (non-hydrogen) atoms. The zero-order valence-electron chi connectivity index (χ0n) is 12.4. The average molecular weight is 439 g/mol. The van der Waals surface area contributed by atoms with E-state index in [4.69, 9.17) is 11.6 Å². The van der Waals surface area contributed by atoms with Crippen LogP contribution in [0.2, 0.25) is 5.02 Å². The predicted molar refractivity (Wildman–Crippen MR) is 101 cm³/mol. The van der Waals surface area contributed by atoms with E-state index >= 15 is 0 Å². The van der Waals surface area contributed by atoms with Crippen molar-refractivity contribution < 1.29 is 9.72 Å². The van der Waals surface area contributed by atoms with Crippen LogP contribution in [-0.4, -0.2) is 15.8 Å². The molecule has 0 aliphatic heterocycles. The molecule has 0 unspecified atom stereocenters. The Bertz CT molecular complexity index is 977. The highest BCUT2D eigenvalue weighted by molar-refractivity contribution is 9.10. The first-order valence-corrected chi connectivity index (χ1v) is 8.96. The minimum Gasteiger partial charge on any atom is -0.298 e. The van der Waals surface area contributed by atoms with Crippen LogP contribution in [0.4, 0.5) is 10.8 Å². The number of nitro groups is 1. The Kier molecular flexibility index (Phi) is 5.12. The van der Waals surface area contributed by atoms with Gasteiger partial charge in [0.1, 0.15) is 0 Å². The van der Waals surface area contributed by atoms with Crippen molar-refractivity contribution in [2.75, 3.05) is 5.32 Å². The maximum atomic E-state index is 12.3. The lowest BCUT2D eigenvalue weighted by molar-refractivity contribution is -0.384. The number of rotatable bonds is 4. The van der Waals surface area contributed by atoms with Gasteiger partial charge >= 0.3 is 0 Å². The van der Waals surface area contributed by atoms with E-state index < -0.39 is 10.8 Å². The molecule has 1 aromatic heterocycles. The molecule has 1 N–H and O–H groups in total. The van der Waals surface area contributed by atoms with E-state index in [-0.39, 0.29) is 16.3 Å². The lowest BCUT2D eigenvalue weighted by Crippen LogP contribution is -2.12. The van der Waals surface area contributed by atoms with Gasteiger partial charge in [-0.3, -0.25) is 20.2 Å². The number of amides is 1. The molecule has 6 nitrogen and oxygen atoms in total. The van der Waals surface area contributed by atoms with E-state index in [0.29, 0.717) is 5.13 Å². The third kappa shape index (κ3) is 4.04. The summed E-state index contributed by atoms with van der Waals surface area (Å²) >= 11 is 10.6. The van der Waals surface area contributed by atoms with Crippen LogP contribution >= 0.6 is 38.9 Å². The van der Waals surface area contributed by atoms with Gasteiger partial charge < -0.3 is 0 Å². The summed E-state index contributed by atoms with van der Waals surface area (Å²) in [6.45, 7) is 0. The second-order valence-corrected chi connectivity index (χ2v) is 7.10. The Morgan fingerprint density at radius 3 is 2.76 bits per heavy atom. The molecule has 0 radical (unpaired) electrons. The van der Waals surface area contributed by atoms with Gasteiger partial charge in [-0.05, 0) is 18.2 Å². The molecular formula is C16H9BrClN3O3S. The fraction of sp³-hybridized carbons (Fsp3) is 0. The lowest BCUT2D eigenvalue weighted by atomic mass is 10.2. The minimum absolute atomic E-state index is 0.00969. The third-order valence-electron chi connectivity index (χ3n) is 3.25. The molecule has 3 aromatic rings. The van der Waals surface area contributed by atoms with E-state index in [9.17, 15) is 14.9 Å². The number of nitrogens with one attached hydrogen (secondary N) is 1. The van der Waals surface area contributed by atoms with Gasteiger partial charge in [-0.15, -0.1) is 11.3 Å². The maximum Gasteiger partial charge on any atom is 0.270 e. The van der Waals surface area contributed by atoms with Gasteiger partial charge in [0.15, 0.2) is 5.13 Å². The first kappa shape index (κ1) is 17.5. The van der Waals surface area contributed by atoms with Crippen LogP contribution in [0.25, 0.3) is 11.3 Å². The van der Waals surface area contributed by atoms with E-state index in [1.54, 1.807) is 0 Å². The Morgan fingerprint density at radius 1 is 1.28 bits per heavy atom. The zero-order chi connectivity index (χ0) is 18.0. The number of carbonyl (C=O) groups is 1. The van der Waals surface area contributed by atoms with Gasteiger partial charge in [0.25, 0.3) is 11.6 Å². The first-order chi connectivity index (χ1) is 11.9. The lowest BCUT2D eigenvalue weighted by Gasteiger charge is -2.04. The van der Waals surface area contributed by atoms with Crippen LogP contribution in [0.3, 0.4) is 0 Å². The summed E-state index contributed by atoms with van der Waals surface area (Å²) in [5.74, 6) is -0.477. The van der Waals surface area contributed by atoms with E-state index in [1.165, 1.54) is 23.5 Å². The van der Waals surface area contributed by atoms with Crippen molar-refractivity contribution in [3.63, 3.8) is 0 Å². The predicted octanol–water partition coefficient (Wildman–Crippen LogP) is 5.39. The molecule has 0 aliphatic rings. The Morgan fingerprint density at radius 2 is 2.08 bits per heavy atom. The Balaban J connectivity index is 1.79. The van der Waals surface area contributed by atoms with Crippen LogP contribution in [0.1, 0.15) is 10.4 Å². The summed E-state index contributed by atoms with van der Waals surface area (Å²) in [5, 5.41) is 15.6. The van der Waals surface area contributed by atoms with Crippen molar-refractivity contribution in [1.82, 2.24) is 4.98 Å².